The second-order valence-electron chi connectivity index (χ2n) is 11.2. The van der Waals surface area contributed by atoms with E-state index in [2.05, 4.69) is 0 Å². The average molecular weight is 615 g/mol. The summed E-state index contributed by atoms with van der Waals surface area (Å²) in [6.07, 6.45) is 3.07. The maximum absolute atomic E-state index is 13.5. The number of hydrogen-bond acceptors (Lipinski definition) is 10. The van der Waals surface area contributed by atoms with Crippen LogP contribution in [0.4, 0.5) is 0 Å². The van der Waals surface area contributed by atoms with Crippen LogP contribution in [0.25, 0.3) is 0 Å². The molecule has 2 saturated heterocycles. The van der Waals surface area contributed by atoms with Crippen molar-refractivity contribution in [1.29, 1.82) is 0 Å². The van der Waals surface area contributed by atoms with Gasteiger partial charge >= 0.3 is 20.2 Å². The summed E-state index contributed by atoms with van der Waals surface area (Å²) in [6.45, 7) is 6.44. The van der Waals surface area contributed by atoms with Crippen LogP contribution in [0.2, 0.25) is 0 Å². The molecule has 0 N–H and O–H groups in total. The first-order valence-corrected chi connectivity index (χ1v) is 15.9. The maximum Gasteiger partial charge on any atom is 0.318 e. The third-order valence-electron chi connectivity index (χ3n) is 8.50. The van der Waals surface area contributed by atoms with Crippen LogP contribution in [0.1, 0.15) is 22.3 Å². The van der Waals surface area contributed by atoms with Gasteiger partial charge < -0.3 is 0 Å². The van der Waals surface area contributed by atoms with Crippen LogP contribution in [0.15, 0.2) is 58.3 Å². The van der Waals surface area contributed by atoms with Crippen LogP contribution in [0, 0.1) is 63.2 Å². The van der Waals surface area contributed by atoms with E-state index in [1.807, 2.05) is 0 Å². The Hall–Kier alpha value is -3.72. The van der Waals surface area contributed by atoms with Crippen LogP contribution in [0.3, 0.4) is 0 Å². The van der Waals surface area contributed by atoms with Gasteiger partial charge in [-0.2, -0.15) is 16.8 Å². The first kappa shape index (κ1) is 28.4. The lowest BCUT2D eigenvalue weighted by molar-refractivity contribution is -0.166. The topological polar surface area (TPSA) is 161 Å². The molecule has 3 aliphatic carbocycles. The zero-order valence-corrected chi connectivity index (χ0v) is 24.5. The molecule has 0 aromatic heterocycles. The number of hydrogen-bond donors (Lipinski definition) is 0. The van der Waals surface area contributed by atoms with Crippen molar-refractivity contribution in [3.63, 3.8) is 0 Å². The number of imide groups is 2. The van der Waals surface area contributed by atoms with E-state index in [0.29, 0.717) is 22.3 Å². The quantitative estimate of drug-likeness (QED) is 0.347. The Morgan fingerprint density at radius 2 is 0.857 bits per heavy atom. The van der Waals surface area contributed by atoms with Crippen molar-refractivity contribution >= 4 is 43.9 Å². The molecule has 2 heterocycles. The number of benzene rings is 2. The highest BCUT2D eigenvalue weighted by atomic mass is 32.2. The maximum atomic E-state index is 13.5. The predicted molar refractivity (Wildman–Crippen MR) is 142 cm³/mol. The summed E-state index contributed by atoms with van der Waals surface area (Å²) in [6, 6.07) is 9.25. The van der Waals surface area contributed by atoms with E-state index in [-0.39, 0.29) is 19.9 Å². The normalized spacial score (nSPS) is 28.6. The lowest BCUT2D eigenvalue weighted by Crippen LogP contribution is -2.50. The van der Waals surface area contributed by atoms with Crippen molar-refractivity contribution in [2.45, 2.75) is 37.5 Å². The van der Waals surface area contributed by atoms with Crippen LogP contribution in [-0.2, 0) is 48.0 Å². The van der Waals surface area contributed by atoms with E-state index < -0.39 is 79.4 Å². The highest BCUT2D eigenvalue weighted by Gasteiger charge is 2.70. The van der Waals surface area contributed by atoms with Crippen molar-refractivity contribution in [2.24, 2.45) is 35.5 Å². The summed E-state index contributed by atoms with van der Waals surface area (Å²) in [7, 11) is -9.17. The Bertz CT molecular complexity index is 1670. The van der Waals surface area contributed by atoms with Gasteiger partial charge in [0, 0.05) is 11.8 Å². The minimum absolute atomic E-state index is 0.209. The minimum atomic E-state index is -4.59. The highest BCUT2D eigenvalue weighted by molar-refractivity contribution is 7.87. The molecule has 14 heteroatoms. The molecule has 42 heavy (non-hydrogen) atoms. The monoisotopic (exact) mass is 614 g/mol. The number of aryl methyl sites for hydroxylation is 4. The van der Waals surface area contributed by atoms with Crippen molar-refractivity contribution < 1.29 is 44.6 Å². The molecule has 1 saturated carbocycles. The van der Waals surface area contributed by atoms with E-state index in [1.165, 1.54) is 24.3 Å². The molecule has 3 fully saturated rings. The fourth-order valence-corrected chi connectivity index (χ4v) is 8.98. The SMILES string of the molecule is Cc1ccc(C)c(S(=O)(=O)ON2C(=O)C3C4C=CC(C3C2=O)C2C(=O)N(OS(=O)(=O)c3cc(C)ccc3C)C(=O)C42)c1. The van der Waals surface area contributed by atoms with Crippen molar-refractivity contribution in [2.75, 3.05) is 0 Å². The van der Waals surface area contributed by atoms with Crippen molar-refractivity contribution in [3.05, 3.63) is 70.8 Å². The predicted octanol–water partition coefficient (Wildman–Crippen LogP) is 1.88. The van der Waals surface area contributed by atoms with E-state index in [4.69, 9.17) is 8.57 Å². The van der Waals surface area contributed by atoms with Gasteiger partial charge in [0.15, 0.2) is 0 Å². The number of allylic oxidation sites excluding steroid dienone is 2. The zero-order valence-electron chi connectivity index (χ0n) is 22.9. The molecule has 4 unspecified atom stereocenters. The van der Waals surface area contributed by atoms with Crippen LogP contribution in [-0.4, -0.2) is 50.6 Å². The Morgan fingerprint density at radius 1 is 0.548 bits per heavy atom. The van der Waals surface area contributed by atoms with Crippen LogP contribution < -0.4 is 0 Å². The first-order chi connectivity index (χ1) is 19.6. The summed E-state index contributed by atoms with van der Waals surface area (Å²) >= 11 is 0. The largest absolute Gasteiger partial charge is 0.318 e. The van der Waals surface area contributed by atoms with Gasteiger partial charge in [-0.05, 0) is 62.1 Å². The second kappa shape index (κ2) is 9.39. The Balaban J connectivity index is 1.29. The zero-order chi connectivity index (χ0) is 30.5. The lowest BCUT2D eigenvalue weighted by Gasteiger charge is -2.44. The molecular weight excluding hydrogens is 588 g/mol. The van der Waals surface area contributed by atoms with Gasteiger partial charge in [0.1, 0.15) is 0 Å². The van der Waals surface area contributed by atoms with E-state index in [0.717, 1.165) is 0 Å². The Labute approximate surface area is 242 Å². The van der Waals surface area contributed by atoms with E-state index >= 15 is 0 Å². The second-order valence-corrected chi connectivity index (χ2v) is 14.2. The van der Waals surface area contributed by atoms with Crippen molar-refractivity contribution in [3.8, 4) is 0 Å². The number of carbonyl (C=O) groups excluding carboxylic acids is 4. The average Bonchev–Trinajstić information content (AvgIpc) is 3.33. The first-order valence-electron chi connectivity index (χ1n) is 13.1. The third-order valence-corrected chi connectivity index (χ3v) is 11.1. The van der Waals surface area contributed by atoms with Gasteiger partial charge in [0.05, 0.1) is 33.5 Å². The molecule has 0 spiro atoms. The van der Waals surface area contributed by atoms with Gasteiger partial charge in [-0.15, -0.1) is 18.7 Å². The summed E-state index contributed by atoms with van der Waals surface area (Å²) in [4.78, 5) is 53.5. The van der Waals surface area contributed by atoms with Gasteiger partial charge in [0.25, 0.3) is 23.6 Å². The van der Waals surface area contributed by atoms with E-state index in [9.17, 15) is 36.0 Å². The molecule has 7 rings (SSSR count). The number of hydroxylamine groups is 4. The third kappa shape index (κ3) is 4.07. The fourth-order valence-electron chi connectivity index (χ4n) is 6.55. The minimum Gasteiger partial charge on any atom is -0.272 e. The van der Waals surface area contributed by atoms with Crippen LogP contribution in [0.5, 0.6) is 0 Å². The summed E-state index contributed by atoms with van der Waals surface area (Å²) < 4.78 is 62.6. The Kier molecular flexibility index (Phi) is 6.35. The molecule has 4 atom stereocenters. The van der Waals surface area contributed by atoms with Crippen LogP contribution >= 0.6 is 0 Å². The molecule has 2 aromatic rings. The highest BCUT2D eigenvalue weighted by Crippen LogP contribution is 2.58. The van der Waals surface area contributed by atoms with E-state index in [1.54, 1.807) is 52.0 Å². The summed E-state index contributed by atoms with van der Waals surface area (Å²) in [5.74, 6) is -10.6. The summed E-state index contributed by atoms with van der Waals surface area (Å²) in [5, 5.41) is 0.434. The molecule has 12 nitrogen and oxygen atoms in total. The standard InChI is InChI=1S/C28H26N2O10S2/c1-13-5-7-15(3)19(11-13)41(35,36)39-29-25(31)21-17-9-10-18(22(21)26(29)32)24-23(17)27(33)30(28(24)34)40-42(37,38)20-12-14(2)6-8-16(20)4/h5-12,17-18,21-24H,1-4H3. The molecule has 220 valence electrons. The number of rotatable bonds is 6. The lowest BCUT2D eigenvalue weighted by atomic mass is 9.54. The molecule has 2 bridgehead atoms. The number of amides is 4. The number of nitrogens with zero attached hydrogens (tertiary/aromatic N) is 2. The molecular formula is C28H26N2O10S2. The number of carbonyl (C=O) groups is 4. The Morgan fingerprint density at radius 3 is 1.17 bits per heavy atom. The van der Waals surface area contributed by atoms with Crippen molar-refractivity contribution in [1.82, 2.24) is 10.1 Å². The molecule has 5 aliphatic rings. The fraction of sp³-hybridized carbons (Fsp3) is 0.357. The van der Waals surface area contributed by atoms with Gasteiger partial charge in [0.2, 0.25) is 0 Å². The van der Waals surface area contributed by atoms with Gasteiger partial charge in [-0.1, -0.05) is 36.4 Å². The van der Waals surface area contributed by atoms with Gasteiger partial charge in [-0.3, -0.25) is 19.2 Å². The summed E-state index contributed by atoms with van der Waals surface area (Å²) in [5.41, 5.74) is 1.93. The molecule has 0 radical (unpaired) electrons. The smallest absolute Gasteiger partial charge is 0.272 e. The molecule has 2 aliphatic heterocycles. The molecule has 2 aromatic carbocycles. The molecule has 4 amide bonds. The van der Waals surface area contributed by atoms with Gasteiger partial charge in [-0.25, -0.2) is 0 Å².